The number of aromatic nitrogens is 2. The third kappa shape index (κ3) is 4.43. The van der Waals surface area contributed by atoms with Crippen molar-refractivity contribution in [2.24, 2.45) is 0 Å². The zero-order valence-electron chi connectivity index (χ0n) is 9.08. The molecule has 1 aromatic rings. The lowest BCUT2D eigenvalue weighted by molar-refractivity contribution is -0.140. The van der Waals surface area contributed by atoms with E-state index in [1.54, 1.807) is 0 Å². The Hall–Kier alpha value is -2.22. The summed E-state index contributed by atoms with van der Waals surface area (Å²) < 4.78 is 4.67. The molecule has 1 unspecified atom stereocenters. The Morgan fingerprint density at radius 2 is 2.12 bits per heavy atom. The second kappa shape index (κ2) is 6.38. The number of urea groups is 1. The molecule has 92 valence electrons. The number of carboxylic acid groups (broad SMARTS) is 1. The number of hydrogen-bond donors (Lipinski definition) is 3. The predicted octanol–water partition coefficient (Wildman–Crippen LogP) is -0.302. The van der Waals surface area contributed by atoms with E-state index in [0.717, 1.165) is 0 Å². The van der Waals surface area contributed by atoms with Gasteiger partial charge in [0.2, 0.25) is 0 Å². The van der Waals surface area contributed by atoms with Crippen LogP contribution in [0, 0.1) is 0 Å². The van der Waals surface area contributed by atoms with E-state index in [0.29, 0.717) is 5.69 Å². The molecule has 0 bridgehead atoms. The first-order valence-corrected chi connectivity index (χ1v) is 4.67. The lowest BCUT2D eigenvalue weighted by atomic mass is 10.3. The summed E-state index contributed by atoms with van der Waals surface area (Å²) in [6.45, 7) is -0.117. The van der Waals surface area contributed by atoms with Crippen molar-refractivity contribution < 1.29 is 19.4 Å². The van der Waals surface area contributed by atoms with Crippen LogP contribution in [0.5, 0.6) is 0 Å². The van der Waals surface area contributed by atoms with Gasteiger partial charge in [0.1, 0.15) is 6.33 Å². The average Bonchev–Trinajstić information content (AvgIpc) is 2.29. The SMILES string of the molecule is COCC(NC(=O)Nc1cncnc1)C(=O)O. The van der Waals surface area contributed by atoms with Gasteiger partial charge < -0.3 is 20.5 Å². The quantitative estimate of drug-likeness (QED) is 0.651. The van der Waals surface area contributed by atoms with Crippen LogP contribution in [0.15, 0.2) is 18.7 Å². The van der Waals surface area contributed by atoms with Gasteiger partial charge in [0, 0.05) is 7.11 Å². The van der Waals surface area contributed by atoms with Crippen molar-refractivity contribution in [2.45, 2.75) is 6.04 Å². The van der Waals surface area contributed by atoms with Crippen molar-refractivity contribution in [1.29, 1.82) is 0 Å². The first-order valence-electron chi connectivity index (χ1n) is 4.67. The van der Waals surface area contributed by atoms with Gasteiger partial charge in [-0.15, -0.1) is 0 Å². The maximum atomic E-state index is 11.4. The molecule has 0 radical (unpaired) electrons. The lowest BCUT2D eigenvalue weighted by Crippen LogP contribution is -2.45. The summed E-state index contributed by atoms with van der Waals surface area (Å²) in [5, 5.41) is 13.4. The number of rotatable bonds is 5. The summed E-state index contributed by atoms with van der Waals surface area (Å²) in [5.41, 5.74) is 0.367. The topological polar surface area (TPSA) is 113 Å². The van der Waals surface area contributed by atoms with Crippen molar-refractivity contribution >= 4 is 17.7 Å². The average molecular weight is 240 g/mol. The third-order valence-electron chi connectivity index (χ3n) is 1.76. The second-order valence-electron chi connectivity index (χ2n) is 3.07. The van der Waals surface area contributed by atoms with Crippen LogP contribution < -0.4 is 10.6 Å². The molecular weight excluding hydrogens is 228 g/mol. The van der Waals surface area contributed by atoms with Gasteiger partial charge in [0.25, 0.3) is 0 Å². The Morgan fingerprint density at radius 1 is 1.47 bits per heavy atom. The van der Waals surface area contributed by atoms with E-state index >= 15 is 0 Å². The number of nitrogens with one attached hydrogen (secondary N) is 2. The van der Waals surface area contributed by atoms with E-state index in [2.05, 4.69) is 25.3 Å². The number of aliphatic carboxylic acids is 1. The minimum absolute atomic E-state index is 0.117. The van der Waals surface area contributed by atoms with E-state index in [-0.39, 0.29) is 6.61 Å². The predicted molar refractivity (Wildman–Crippen MR) is 57.5 cm³/mol. The Bertz CT molecular complexity index is 384. The summed E-state index contributed by atoms with van der Waals surface area (Å²) in [6.07, 6.45) is 4.09. The van der Waals surface area contributed by atoms with Gasteiger partial charge in [0.05, 0.1) is 24.7 Å². The Balaban J connectivity index is 2.51. The van der Waals surface area contributed by atoms with Crippen molar-refractivity contribution in [3.63, 3.8) is 0 Å². The molecule has 0 aliphatic heterocycles. The summed E-state index contributed by atoms with van der Waals surface area (Å²) in [7, 11) is 1.35. The van der Waals surface area contributed by atoms with E-state index in [1.807, 2.05) is 0 Å². The molecule has 1 heterocycles. The van der Waals surface area contributed by atoms with Crippen LogP contribution >= 0.6 is 0 Å². The number of nitrogens with zero attached hydrogens (tertiary/aromatic N) is 2. The second-order valence-corrected chi connectivity index (χ2v) is 3.07. The van der Waals surface area contributed by atoms with Gasteiger partial charge in [-0.25, -0.2) is 19.6 Å². The standard InChI is InChI=1S/C9H12N4O4/c1-17-4-7(8(14)15)13-9(16)12-6-2-10-5-11-3-6/h2-3,5,7H,4H2,1H3,(H,14,15)(H2,12,13,16). The highest BCUT2D eigenvalue weighted by Gasteiger charge is 2.19. The van der Waals surface area contributed by atoms with Crippen LogP contribution in [0.1, 0.15) is 0 Å². The van der Waals surface area contributed by atoms with Crippen LogP contribution in [-0.2, 0) is 9.53 Å². The number of anilines is 1. The molecule has 1 aromatic heterocycles. The molecule has 1 rings (SSSR count). The van der Waals surface area contributed by atoms with E-state index < -0.39 is 18.0 Å². The van der Waals surface area contributed by atoms with Gasteiger partial charge in [-0.05, 0) is 0 Å². The van der Waals surface area contributed by atoms with E-state index in [1.165, 1.54) is 25.8 Å². The van der Waals surface area contributed by atoms with Crippen molar-refractivity contribution in [1.82, 2.24) is 15.3 Å². The third-order valence-corrected chi connectivity index (χ3v) is 1.76. The van der Waals surface area contributed by atoms with Gasteiger partial charge >= 0.3 is 12.0 Å². The number of hydrogen-bond acceptors (Lipinski definition) is 5. The fourth-order valence-electron chi connectivity index (χ4n) is 1.03. The van der Waals surface area contributed by atoms with Crippen LogP contribution in [0.4, 0.5) is 10.5 Å². The van der Waals surface area contributed by atoms with Gasteiger partial charge in [-0.3, -0.25) is 0 Å². The highest BCUT2D eigenvalue weighted by atomic mass is 16.5. The number of amides is 2. The summed E-state index contributed by atoms with van der Waals surface area (Å²) in [6, 6.07) is -1.77. The van der Waals surface area contributed by atoms with Crippen molar-refractivity contribution in [2.75, 3.05) is 19.0 Å². The first kappa shape index (κ1) is 12.8. The van der Waals surface area contributed by atoms with E-state index in [4.69, 9.17) is 5.11 Å². The molecule has 0 aliphatic carbocycles. The van der Waals surface area contributed by atoms with Crippen molar-refractivity contribution in [3.05, 3.63) is 18.7 Å². The molecule has 0 aliphatic rings. The molecule has 0 spiro atoms. The Labute approximate surface area is 97.0 Å². The van der Waals surface area contributed by atoms with Crippen LogP contribution in [0.3, 0.4) is 0 Å². The molecule has 1 atom stereocenters. The first-order chi connectivity index (χ1) is 8.13. The van der Waals surface area contributed by atoms with Gasteiger partial charge in [-0.1, -0.05) is 0 Å². The highest BCUT2D eigenvalue weighted by molar-refractivity contribution is 5.91. The molecule has 0 fully saturated rings. The highest BCUT2D eigenvalue weighted by Crippen LogP contribution is 1.99. The molecular formula is C9H12N4O4. The van der Waals surface area contributed by atoms with Crippen LogP contribution in [-0.4, -0.2) is 46.8 Å². The Morgan fingerprint density at radius 3 is 2.65 bits per heavy atom. The maximum absolute atomic E-state index is 11.4. The molecule has 8 heteroatoms. The van der Waals surface area contributed by atoms with Crippen molar-refractivity contribution in [3.8, 4) is 0 Å². The summed E-state index contributed by atoms with van der Waals surface area (Å²) in [5.74, 6) is -1.17. The van der Waals surface area contributed by atoms with Crippen LogP contribution in [0.25, 0.3) is 0 Å². The number of ether oxygens (including phenoxy) is 1. The smallest absolute Gasteiger partial charge is 0.328 e. The molecule has 3 N–H and O–H groups in total. The monoisotopic (exact) mass is 240 g/mol. The van der Waals surface area contributed by atoms with Gasteiger partial charge in [0.15, 0.2) is 6.04 Å². The van der Waals surface area contributed by atoms with Gasteiger partial charge in [-0.2, -0.15) is 0 Å². The number of carboxylic acids is 1. The number of carbonyl (C=O) groups excluding carboxylic acids is 1. The zero-order chi connectivity index (χ0) is 12.7. The molecule has 0 saturated heterocycles. The summed E-state index contributed by atoms with van der Waals surface area (Å²) >= 11 is 0. The van der Waals surface area contributed by atoms with E-state index in [9.17, 15) is 9.59 Å². The molecule has 0 aromatic carbocycles. The normalized spacial score (nSPS) is 11.6. The number of carbonyl (C=O) groups is 2. The Kier molecular flexibility index (Phi) is 4.82. The minimum atomic E-state index is -1.17. The largest absolute Gasteiger partial charge is 0.480 e. The number of methoxy groups -OCH3 is 1. The maximum Gasteiger partial charge on any atom is 0.328 e. The molecule has 17 heavy (non-hydrogen) atoms. The van der Waals surface area contributed by atoms with Crippen LogP contribution in [0.2, 0.25) is 0 Å². The molecule has 2 amide bonds. The minimum Gasteiger partial charge on any atom is -0.480 e. The fraction of sp³-hybridized carbons (Fsp3) is 0.333. The summed E-state index contributed by atoms with van der Waals surface area (Å²) in [4.78, 5) is 29.5. The fourth-order valence-corrected chi connectivity index (χ4v) is 1.03. The lowest BCUT2D eigenvalue weighted by Gasteiger charge is -2.13. The zero-order valence-corrected chi connectivity index (χ0v) is 9.08. The molecule has 0 saturated carbocycles. The molecule has 8 nitrogen and oxygen atoms in total.